The minimum atomic E-state index is 0.729. The average Bonchev–Trinajstić information content (AvgIpc) is 2.51. The summed E-state index contributed by atoms with van der Waals surface area (Å²) in [6, 6.07) is 5.88. The number of nitrogens with zero attached hydrogens (tertiary/aromatic N) is 2. The SMILES string of the molecule is Nc1cc(I)ccc1-n1cc(Br)cn1. The van der Waals surface area contributed by atoms with Gasteiger partial charge in [0.15, 0.2) is 0 Å². The van der Waals surface area contributed by atoms with Crippen molar-refractivity contribution in [3.8, 4) is 5.69 Å². The molecule has 0 amide bonds. The van der Waals surface area contributed by atoms with E-state index in [1.807, 2.05) is 24.4 Å². The van der Waals surface area contributed by atoms with Gasteiger partial charge in [-0.3, -0.25) is 0 Å². The van der Waals surface area contributed by atoms with Crippen LogP contribution in [0.15, 0.2) is 35.1 Å². The van der Waals surface area contributed by atoms with Crippen LogP contribution in [0.4, 0.5) is 5.69 Å². The zero-order chi connectivity index (χ0) is 10.1. The maximum atomic E-state index is 5.88. The van der Waals surface area contributed by atoms with Crippen molar-refractivity contribution >= 4 is 44.2 Å². The van der Waals surface area contributed by atoms with Crippen molar-refractivity contribution in [1.82, 2.24) is 9.78 Å². The largest absolute Gasteiger partial charge is 0.397 e. The highest BCUT2D eigenvalue weighted by Gasteiger charge is 2.03. The molecule has 14 heavy (non-hydrogen) atoms. The number of hydrogen-bond donors (Lipinski definition) is 1. The maximum absolute atomic E-state index is 5.88. The molecule has 0 aliphatic carbocycles. The van der Waals surface area contributed by atoms with Crippen LogP contribution in [-0.2, 0) is 0 Å². The first-order valence-corrected chi connectivity index (χ1v) is 5.79. The van der Waals surface area contributed by atoms with Crippen LogP contribution >= 0.6 is 38.5 Å². The zero-order valence-electron chi connectivity index (χ0n) is 7.11. The summed E-state index contributed by atoms with van der Waals surface area (Å²) in [6.07, 6.45) is 3.61. The van der Waals surface area contributed by atoms with Gasteiger partial charge >= 0.3 is 0 Å². The van der Waals surface area contributed by atoms with Crippen molar-refractivity contribution in [3.63, 3.8) is 0 Å². The molecule has 72 valence electrons. The van der Waals surface area contributed by atoms with Crippen molar-refractivity contribution in [1.29, 1.82) is 0 Å². The number of aromatic nitrogens is 2. The molecule has 0 bridgehead atoms. The molecule has 3 nitrogen and oxygen atoms in total. The Morgan fingerprint density at radius 1 is 1.43 bits per heavy atom. The van der Waals surface area contributed by atoms with Gasteiger partial charge in [-0.25, -0.2) is 4.68 Å². The first kappa shape index (κ1) is 9.97. The van der Waals surface area contributed by atoms with Crippen LogP contribution in [0.2, 0.25) is 0 Å². The van der Waals surface area contributed by atoms with Crippen molar-refractivity contribution in [2.75, 3.05) is 5.73 Å². The summed E-state index contributed by atoms with van der Waals surface area (Å²) in [5.74, 6) is 0. The smallest absolute Gasteiger partial charge is 0.0875 e. The normalized spacial score (nSPS) is 10.4. The fourth-order valence-electron chi connectivity index (χ4n) is 1.17. The first-order chi connectivity index (χ1) is 6.66. The van der Waals surface area contributed by atoms with Crippen molar-refractivity contribution in [2.45, 2.75) is 0 Å². The van der Waals surface area contributed by atoms with E-state index in [9.17, 15) is 0 Å². The molecule has 0 saturated heterocycles. The third kappa shape index (κ3) is 1.93. The average molecular weight is 364 g/mol. The lowest BCUT2D eigenvalue weighted by atomic mass is 10.3. The van der Waals surface area contributed by atoms with Gasteiger partial charge < -0.3 is 5.73 Å². The van der Waals surface area contributed by atoms with Crippen LogP contribution in [0, 0.1) is 3.57 Å². The van der Waals surface area contributed by atoms with Crippen LogP contribution in [0.1, 0.15) is 0 Å². The maximum Gasteiger partial charge on any atom is 0.0875 e. The number of rotatable bonds is 1. The third-order valence-corrected chi connectivity index (χ3v) is 2.87. The first-order valence-electron chi connectivity index (χ1n) is 3.92. The second kappa shape index (κ2) is 3.90. The number of nitrogens with two attached hydrogens (primary N) is 1. The van der Waals surface area contributed by atoms with Crippen LogP contribution in [0.3, 0.4) is 0 Å². The lowest BCUT2D eigenvalue weighted by Gasteiger charge is -2.05. The Kier molecular flexibility index (Phi) is 2.78. The number of hydrogen-bond acceptors (Lipinski definition) is 2. The summed E-state index contributed by atoms with van der Waals surface area (Å²) in [5, 5.41) is 4.16. The number of benzene rings is 1. The van der Waals surface area contributed by atoms with Crippen LogP contribution in [0.5, 0.6) is 0 Å². The summed E-state index contributed by atoms with van der Waals surface area (Å²) >= 11 is 5.57. The number of nitrogen functional groups attached to an aromatic ring is 1. The second-order valence-corrected chi connectivity index (χ2v) is 4.97. The molecule has 0 atom stereocenters. The number of anilines is 1. The monoisotopic (exact) mass is 363 g/mol. The zero-order valence-corrected chi connectivity index (χ0v) is 10.9. The molecule has 2 rings (SSSR count). The van der Waals surface area contributed by atoms with E-state index in [0.717, 1.165) is 19.4 Å². The molecule has 0 aliphatic heterocycles. The highest BCUT2D eigenvalue weighted by molar-refractivity contribution is 14.1. The fourth-order valence-corrected chi connectivity index (χ4v) is 1.97. The van der Waals surface area contributed by atoms with E-state index in [2.05, 4.69) is 43.6 Å². The predicted molar refractivity (Wildman–Crippen MR) is 68.4 cm³/mol. The molecular formula is C9H7BrIN3. The minimum absolute atomic E-state index is 0.729. The van der Waals surface area contributed by atoms with Gasteiger partial charge in [-0.2, -0.15) is 5.10 Å². The molecule has 0 saturated carbocycles. The highest BCUT2D eigenvalue weighted by atomic mass is 127. The Hall–Kier alpha value is -0.560. The molecule has 0 unspecified atom stereocenters. The molecule has 1 aromatic heterocycles. The minimum Gasteiger partial charge on any atom is -0.397 e. The van der Waals surface area contributed by atoms with Crippen molar-refractivity contribution in [3.05, 3.63) is 38.6 Å². The molecule has 0 spiro atoms. The second-order valence-electron chi connectivity index (χ2n) is 2.81. The summed E-state index contributed by atoms with van der Waals surface area (Å²) in [7, 11) is 0. The Labute approximate surface area is 104 Å². The van der Waals surface area contributed by atoms with E-state index in [0.29, 0.717) is 0 Å². The van der Waals surface area contributed by atoms with Gasteiger partial charge in [-0.1, -0.05) is 0 Å². The van der Waals surface area contributed by atoms with E-state index in [-0.39, 0.29) is 0 Å². The summed E-state index contributed by atoms with van der Waals surface area (Å²) in [6.45, 7) is 0. The fraction of sp³-hybridized carbons (Fsp3) is 0. The van der Waals surface area contributed by atoms with E-state index >= 15 is 0 Å². The standard InChI is InChI=1S/C9H7BrIN3/c10-6-4-13-14(5-6)9-2-1-7(11)3-8(9)12/h1-5H,12H2. The molecule has 0 aliphatic rings. The van der Waals surface area contributed by atoms with Crippen LogP contribution in [-0.4, -0.2) is 9.78 Å². The van der Waals surface area contributed by atoms with Gasteiger partial charge in [-0.05, 0) is 56.7 Å². The van der Waals surface area contributed by atoms with Gasteiger partial charge in [0.05, 0.1) is 22.0 Å². The molecule has 1 aromatic carbocycles. The summed E-state index contributed by atoms with van der Waals surface area (Å²) in [5.41, 5.74) is 7.51. The molecule has 5 heteroatoms. The van der Waals surface area contributed by atoms with E-state index in [4.69, 9.17) is 5.73 Å². The van der Waals surface area contributed by atoms with Gasteiger partial charge in [0, 0.05) is 9.77 Å². The Bertz CT molecular complexity index is 467. The van der Waals surface area contributed by atoms with Crippen molar-refractivity contribution < 1.29 is 0 Å². The summed E-state index contributed by atoms with van der Waals surface area (Å²) in [4.78, 5) is 0. The Balaban J connectivity index is 2.52. The molecular weight excluding hydrogens is 357 g/mol. The van der Waals surface area contributed by atoms with E-state index in [1.165, 1.54) is 0 Å². The van der Waals surface area contributed by atoms with Gasteiger partial charge in [0.1, 0.15) is 0 Å². The molecule has 0 radical (unpaired) electrons. The van der Waals surface area contributed by atoms with Crippen molar-refractivity contribution in [2.24, 2.45) is 0 Å². The molecule has 2 aromatic rings. The molecule has 0 fully saturated rings. The van der Waals surface area contributed by atoms with Gasteiger partial charge in [0.2, 0.25) is 0 Å². The molecule has 2 N–H and O–H groups in total. The lowest BCUT2D eigenvalue weighted by molar-refractivity contribution is 0.882. The highest BCUT2D eigenvalue weighted by Crippen LogP contribution is 2.20. The summed E-state index contributed by atoms with van der Waals surface area (Å²) < 4.78 is 3.81. The topological polar surface area (TPSA) is 43.8 Å². The van der Waals surface area contributed by atoms with E-state index < -0.39 is 0 Å². The van der Waals surface area contributed by atoms with Gasteiger partial charge in [0.25, 0.3) is 0 Å². The Morgan fingerprint density at radius 3 is 2.79 bits per heavy atom. The number of halogens is 2. The quantitative estimate of drug-likeness (QED) is 0.625. The van der Waals surface area contributed by atoms with E-state index in [1.54, 1.807) is 10.9 Å². The molecule has 1 heterocycles. The van der Waals surface area contributed by atoms with Crippen LogP contribution < -0.4 is 5.73 Å². The Morgan fingerprint density at radius 2 is 2.21 bits per heavy atom. The lowest BCUT2D eigenvalue weighted by Crippen LogP contribution is -2.00. The van der Waals surface area contributed by atoms with Gasteiger partial charge in [-0.15, -0.1) is 0 Å². The van der Waals surface area contributed by atoms with Crippen LogP contribution in [0.25, 0.3) is 5.69 Å². The third-order valence-electron chi connectivity index (χ3n) is 1.79. The predicted octanol–water partition coefficient (Wildman–Crippen LogP) is 2.82.